The van der Waals surface area contributed by atoms with Crippen LogP contribution < -0.4 is 0 Å². The molecule has 0 heterocycles. The Kier molecular flexibility index (Phi) is 4.70. The van der Waals surface area contributed by atoms with Crippen molar-refractivity contribution in [3.63, 3.8) is 0 Å². The van der Waals surface area contributed by atoms with Gasteiger partial charge in [-0.1, -0.05) is 12.1 Å². The lowest BCUT2D eigenvalue weighted by molar-refractivity contribution is 0.153. The van der Waals surface area contributed by atoms with Crippen molar-refractivity contribution in [1.29, 1.82) is 0 Å². The summed E-state index contributed by atoms with van der Waals surface area (Å²) in [5.41, 5.74) is 0.887. The highest BCUT2D eigenvalue weighted by Crippen LogP contribution is 2.21. The van der Waals surface area contributed by atoms with Crippen LogP contribution in [0.25, 0.3) is 0 Å². The van der Waals surface area contributed by atoms with Crippen molar-refractivity contribution in [3.8, 4) is 0 Å². The monoisotopic (exact) mass is 275 g/mol. The van der Waals surface area contributed by atoms with Gasteiger partial charge in [0.2, 0.25) is 0 Å². The Balaban J connectivity index is 2.76. The van der Waals surface area contributed by atoms with Crippen LogP contribution >= 0.6 is 15.9 Å². The minimum Gasteiger partial charge on any atom is -0.395 e. The average molecular weight is 276 g/mol. The number of rotatable bonds is 4. The van der Waals surface area contributed by atoms with Crippen molar-refractivity contribution in [3.05, 3.63) is 34.1 Å². The van der Waals surface area contributed by atoms with Crippen molar-refractivity contribution in [2.24, 2.45) is 0 Å². The Morgan fingerprint density at radius 2 is 2.20 bits per heavy atom. The van der Waals surface area contributed by atoms with Gasteiger partial charge in [0.1, 0.15) is 5.82 Å². The minimum absolute atomic E-state index is 0.0696. The fourth-order valence-electron chi connectivity index (χ4n) is 1.23. The standard InChI is InChI=1S/C11H15BrFNO/c1-8(7-15)14(2)6-9-4-3-5-10(13)11(9)12/h3-5,8,15H,6-7H2,1-2H3. The van der Waals surface area contributed by atoms with Crippen LogP contribution in [0.15, 0.2) is 22.7 Å². The summed E-state index contributed by atoms with van der Waals surface area (Å²) in [5, 5.41) is 8.98. The molecule has 0 aliphatic heterocycles. The van der Waals surface area contributed by atoms with Crippen LogP contribution in [-0.4, -0.2) is 29.7 Å². The largest absolute Gasteiger partial charge is 0.395 e. The SMILES string of the molecule is CC(CO)N(C)Cc1cccc(F)c1Br. The number of likely N-dealkylation sites (N-methyl/N-ethyl adjacent to an activating group) is 1. The molecule has 4 heteroatoms. The van der Waals surface area contributed by atoms with E-state index in [1.54, 1.807) is 6.07 Å². The molecule has 1 unspecified atom stereocenters. The van der Waals surface area contributed by atoms with E-state index in [1.807, 2.05) is 24.9 Å². The van der Waals surface area contributed by atoms with Crippen LogP contribution in [0.2, 0.25) is 0 Å². The summed E-state index contributed by atoms with van der Waals surface area (Å²) in [4.78, 5) is 1.97. The third kappa shape index (κ3) is 3.26. The van der Waals surface area contributed by atoms with Crippen LogP contribution in [0.5, 0.6) is 0 Å². The van der Waals surface area contributed by atoms with Crippen LogP contribution in [0.4, 0.5) is 4.39 Å². The molecule has 1 aromatic carbocycles. The topological polar surface area (TPSA) is 23.5 Å². The maximum Gasteiger partial charge on any atom is 0.137 e. The Morgan fingerprint density at radius 1 is 1.53 bits per heavy atom. The van der Waals surface area contributed by atoms with Crippen LogP contribution in [0.3, 0.4) is 0 Å². The predicted octanol–water partition coefficient (Wildman–Crippen LogP) is 2.40. The lowest BCUT2D eigenvalue weighted by atomic mass is 10.2. The molecule has 0 saturated carbocycles. The van der Waals surface area contributed by atoms with Crippen molar-refractivity contribution in [2.75, 3.05) is 13.7 Å². The van der Waals surface area contributed by atoms with E-state index in [2.05, 4.69) is 15.9 Å². The third-order valence-corrected chi connectivity index (χ3v) is 3.36. The van der Waals surface area contributed by atoms with Gasteiger partial charge in [0.25, 0.3) is 0 Å². The van der Waals surface area contributed by atoms with Gasteiger partial charge in [0.15, 0.2) is 0 Å². The van der Waals surface area contributed by atoms with Gasteiger partial charge in [0, 0.05) is 12.6 Å². The predicted molar refractivity (Wildman–Crippen MR) is 62.1 cm³/mol. The number of halogens is 2. The molecule has 0 aliphatic rings. The smallest absolute Gasteiger partial charge is 0.137 e. The molecule has 0 bridgehead atoms. The van der Waals surface area contributed by atoms with Gasteiger partial charge in [-0.05, 0) is 41.5 Å². The summed E-state index contributed by atoms with van der Waals surface area (Å²) in [6, 6.07) is 5.05. The molecular formula is C11H15BrFNO. The van der Waals surface area contributed by atoms with Crippen molar-refractivity contribution in [1.82, 2.24) is 4.90 Å². The first kappa shape index (κ1) is 12.6. The molecule has 0 amide bonds. The van der Waals surface area contributed by atoms with Gasteiger partial charge in [-0.15, -0.1) is 0 Å². The van der Waals surface area contributed by atoms with Gasteiger partial charge in [-0.25, -0.2) is 4.39 Å². The molecule has 0 saturated heterocycles. The molecule has 1 N–H and O–H groups in total. The zero-order valence-corrected chi connectivity index (χ0v) is 10.5. The molecule has 84 valence electrons. The average Bonchev–Trinajstić information content (AvgIpc) is 2.23. The molecule has 15 heavy (non-hydrogen) atoms. The fourth-order valence-corrected chi connectivity index (χ4v) is 1.62. The Morgan fingerprint density at radius 3 is 2.80 bits per heavy atom. The van der Waals surface area contributed by atoms with E-state index in [4.69, 9.17) is 5.11 Å². The summed E-state index contributed by atoms with van der Waals surface area (Å²) in [7, 11) is 1.90. The van der Waals surface area contributed by atoms with Crippen LogP contribution in [-0.2, 0) is 6.54 Å². The number of benzene rings is 1. The molecule has 1 atom stereocenters. The first-order chi connectivity index (χ1) is 7.06. The van der Waals surface area contributed by atoms with Gasteiger partial charge in [-0.2, -0.15) is 0 Å². The molecular weight excluding hydrogens is 261 g/mol. The van der Waals surface area contributed by atoms with E-state index in [1.165, 1.54) is 6.07 Å². The molecule has 0 aromatic heterocycles. The number of aliphatic hydroxyl groups is 1. The number of hydrogen-bond donors (Lipinski definition) is 1. The molecule has 0 radical (unpaired) electrons. The maximum atomic E-state index is 13.2. The molecule has 1 rings (SSSR count). The zero-order valence-electron chi connectivity index (χ0n) is 8.87. The highest BCUT2D eigenvalue weighted by Gasteiger charge is 2.11. The first-order valence-electron chi connectivity index (χ1n) is 4.80. The molecule has 0 fully saturated rings. The second kappa shape index (κ2) is 5.58. The van der Waals surface area contributed by atoms with Gasteiger partial charge >= 0.3 is 0 Å². The normalized spacial score (nSPS) is 13.2. The van der Waals surface area contributed by atoms with E-state index in [9.17, 15) is 4.39 Å². The van der Waals surface area contributed by atoms with Crippen molar-refractivity contribution in [2.45, 2.75) is 19.5 Å². The second-order valence-corrected chi connectivity index (χ2v) is 4.45. The Labute approximate surface area is 97.8 Å². The van der Waals surface area contributed by atoms with Crippen molar-refractivity contribution < 1.29 is 9.50 Å². The molecule has 0 aliphatic carbocycles. The van der Waals surface area contributed by atoms with E-state index < -0.39 is 0 Å². The van der Waals surface area contributed by atoms with Gasteiger partial charge < -0.3 is 5.11 Å². The summed E-state index contributed by atoms with van der Waals surface area (Å²) >= 11 is 3.22. The molecule has 1 aromatic rings. The lowest BCUT2D eigenvalue weighted by Gasteiger charge is -2.23. The van der Waals surface area contributed by atoms with Crippen LogP contribution in [0.1, 0.15) is 12.5 Å². The highest BCUT2D eigenvalue weighted by atomic mass is 79.9. The fraction of sp³-hybridized carbons (Fsp3) is 0.455. The van der Waals surface area contributed by atoms with E-state index in [-0.39, 0.29) is 18.5 Å². The Hall–Kier alpha value is -0.450. The first-order valence-corrected chi connectivity index (χ1v) is 5.59. The van der Waals surface area contributed by atoms with E-state index in [0.29, 0.717) is 11.0 Å². The lowest BCUT2D eigenvalue weighted by Crippen LogP contribution is -2.31. The van der Waals surface area contributed by atoms with Crippen molar-refractivity contribution >= 4 is 15.9 Å². The quantitative estimate of drug-likeness (QED) is 0.912. The number of aliphatic hydroxyl groups excluding tert-OH is 1. The number of hydrogen-bond acceptors (Lipinski definition) is 2. The molecule has 0 spiro atoms. The number of nitrogens with zero attached hydrogens (tertiary/aromatic N) is 1. The zero-order chi connectivity index (χ0) is 11.4. The molecule has 2 nitrogen and oxygen atoms in total. The summed E-state index contributed by atoms with van der Waals surface area (Å²) in [5.74, 6) is -0.252. The summed E-state index contributed by atoms with van der Waals surface area (Å²) < 4.78 is 13.7. The van der Waals surface area contributed by atoms with Gasteiger partial charge in [0.05, 0.1) is 11.1 Å². The minimum atomic E-state index is -0.252. The van der Waals surface area contributed by atoms with E-state index >= 15 is 0 Å². The highest BCUT2D eigenvalue weighted by molar-refractivity contribution is 9.10. The third-order valence-electron chi connectivity index (χ3n) is 2.47. The van der Waals surface area contributed by atoms with E-state index in [0.717, 1.165) is 5.56 Å². The maximum absolute atomic E-state index is 13.2. The summed E-state index contributed by atoms with van der Waals surface area (Å²) in [6.45, 7) is 2.64. The Bertz CT molecular complexity index is 332. The second-order valence-electron chi connectivity index (χ2n) is 3.66. The summed E-state index contributed by atoms with van der Waals surface area (Å²) in [6.07, 6.45) is 0. The van der Waals surface area contributed by atoms with Crippen LogP contribution in [0, 0.1) is 5.82 Å². The van der Waals surface area contributed by atoms with Gasteiger partial charge in [-0.3, -0.25) is 4.90 Å².